The fraction of sp³-hybridized carbons (Fsp3) is 0.235. The van der Waals surface area contributed by atoms with Crippen LogP contribution in [0.5, 0.6) is 17.2 Å². The smallest absolute Gasteiger partial charge is 0.337 e. The van der Waals surface area contributed by atoms with Gasteiger partial charge in [-0.05, 0) is 36.4 Å². The molecule has 0 fully saturated rings. The zero-order chi connectivity index (χ0) is 15.8. The average Bonchev–Trinajstić information content (AvgIpc) is 2.58. The minimum Gasteiger partial charge on any atom is -0.497 e. The van der Waals surface area contributed by atoms with Crippen LogP contribution >= 0.6 is 0 Å². The number of esters is 1. The summed E-state index contributed by atoms with van der Waals surface area (Å²) < 4.78 is 20.9. The molecule has 2 rings (SSSR count). The average molecular weight is 302 g/mol. The fourth-order valence-electron chi connectivity index (χ4n) is 1.82. The van der Waals surface area contributed by atoms with Gasteiger partial charge in [0.1, 0.15) is 30.5 Å². The lowest BCUT2D eigenvalue weighted by Crippen LogP contribution is -2.09. The van der Waals surface area contributed by atoms with Gasteiger partial charge in [0.25, 0.3) is 0 Å². The molecule has 0 N–H and O–H groups in total. The number of carbonyl (C=O) groups is 1. The number of hydrogen-bond acceptors (Lipinski definition) is 5. The van der Waals surface area contributed by atoms with Crippen LogP contribution in [0.25, 0.3) is 0 Å². The van der Waals surface area contributed by atoms with E-state index in [1.165, 1.54) is 7.11 Å². The predicted molar refractivity (Wildman–Crippen MR) is 81.8 cm³/mol. The second-order valence-electron chi connectivity index (χ2n) is 4.39. The molecule has 0 aliphatic rings. The number of ether oxygens (including phenoxy) is 4. The third-order valence-electron chi connectivity index (χ3n) is 2.94. The Kier molecular flexibility index (Phi) is 5.65. The van der Waals surface area contributed by atoms with E-state index < -0.39 is 0 Å². The van der Waals surface area contributed by atoms with Gasteiger partial charge in [0, 0.05) is 6.07 Å². The SMILES string of the molecule is COC(=O)c1ccc(OCCOc2cccc(OC)c2)cc1. The van der Waals surface area contributed by atoms with Crippen molar-refractivity contribution in [3.63, 3.8) is 0 Å². The van der Waals surface area contributed by atoms with Crippen LogP contribution < -0.4 is 14.2 Å². The third-order valence-corrected chi connectivity index (χ3v) is 2.94. The normalized spacial score (nSPS) is 9.91. The lowest BCUT2D eigenvalue weighted by molar-refractivity contribution is 0.0600. The molecule has 0 aliphatic carbocycles. The van der Waals surface area contributed by atoms with Crippen LogP contribution in [0.1, 0.15) is 10.4 Å². The monoisotopic (exact) mass is 302 g/mol. The molecule has 22 heavy (non-hydrogen) atoms. The van der Waals surface area contributed by atoms with E-state index in [2.05, 4.69) is 4.74 Å². The predicted octanol–water partition coefficient (Wildman–Crippen LogP) is 2.94. The van der Waals surface area contributed by atoms with E-state index in [9.17, 15) is 4.79 Å². The molecule has 2 aromatic rings. The lowest BCUT2D eigenvalue weighted by atomic mass is 10.2. The van der Waals surface area contributed by atoms with Gasteiger partial charge in [0.2, 0.25) is 0 Å². The van der Waals surface area contributed by atoms with Crippen LogP contribution in [0.2, 0.25) is 0 Å². The van der Waals surface area contributed by atoms with Crippen LogP contribution in [0.15, 0.2) is 48.5 Å². The van der Waals surface area contributed by atoms with Crippen molar-refractivity contribution in [1.29, 1.82) is 0 Å². The van der Waals surface area contributed by atoms with Crippen molar-refractivity contribution in [2.75, 3.05) is 27.4 Å². The zero-order valence-electron chi connectivity index (χ0n) is 12.6. The molecule has 5 heteroatoms. The number of benzene rings is 2. The topological polar surface area (TPSA) is 54.0 Å². The largest absolute Gasteiger partial charge is 0.497 e. The summed E-state index contributed by atoms with van der Waals surface area (Å²) in [6.07, 6.45) is 0. The summed E-state index contributed by atoms with van der Waals surface area (Å²) >= 11 is 0. The van der Waals surface area contributed by atoms with Crippen molar-refractivity contribution < 1.29 is 23.7 Å². The second-order valence-corrected chi connectivity index (χ2v) is 4.39. The highest BCUT2D eigenvalue weighted by Crippen LogP contribution is 2.19. The van der Waals surface area contributed by atoms with Gasteiger partial charge < -0.3 is 18.9 Å². The van der Waals surface area contributed by atoms with E-state index in [0.717, 1.165) is 11.5 Å². The minimum atomic E-state index is -0.368. The van der Waals surface area contributed by atoms with Gasteiger partial charge in [-0.3, -0.25) is 0 Å². The van der Waals surface area contributed by atoms with Crippen molar-refractivity contribution in [2.45, 2.75) is 0 Å². The highest BCUT2D eigenvalue weighted by molar-refractivity contribution is 5.89. The fourth-order valence-corrected chi connectivity index (χ4v) is 1.82. The molecule has 2 aromatic carbocycles. The molecule has 0 saturated carbocycles. The lowest BCUT2D eigenvalue weighted by Gasteiger charge is -2.09. The van der Waals surface area contributed by atoms with Crippen LogP contribution in [0.4, 0.5) is 0 Å². The summed E-state index contributed by atoms with van der Waals surface area (Å²) in [7, 11) is 2.96. The molecule has 116 valence electrons. The van der Waals surface area contributed by atoms with Crippen molar-refractivity contribution in [2.24, 2.45) is 0 Å². The molecule has 0 bridgehead atoms. The second kappa shape index (κ2) is 7.93. The highest BCUT2D eigenvalue weighted by atomic mass is 16.5. The Morgan fingerprint density at radius 2 is 1.50 bits per heavy atom. The molecule has 0 saturated heterocycles. The van der Waals surface area contributed by atoms with Crippen LogP contribution in [-0.4, -0.2) is 33.4 Å². The molecule has 0 amide bonds. The summed E-state index contributed by atoms with van der Waals surface area (Å²) in [6.45, 7) is 0.806. The van der Waals surface area contributed by atoms with Gasteiger partial charge in [-0.25, -0.2) is 4.79 Å². The summed E-state index contributed by atoms with van der Waals surface area (Å²) in [5, 5.41) is 0. The van der Waals surface area contributed by atoms with Crippen LogP contribution in [0, 0.1) is 0 Å². The number of methoxy groups -OCH3 is 2. The number of carbonyl (C=O) groups excluding carboxylic acids is 1. The van der Waals surface area contributed by atoms with Gasteiger partial charge in [-0.1, -0.05) is 6.07 Å². The molecule has 0 unspecified atom stereocenters. The molecule has 0 aliphatic heterocycles. The summed E-state index contributed by atoms with van der Waals surface area (Å²) in [5.74, 6) is 1.77. The maximum Gasteiger partial charge on any atom is 0.337 e. The summed E-state index contributed by atoms with van der Waals surface area (Å²) in [4.78, 5) is 11.3. The standard InChI is InChI=1S/C17H18O5/c1-19-15-4-3-5-16(12-15)22-11-10-21-14-8-6-13(7-9-14)17(18)20-2/h3-9,12H,10-11H2,1-2H3. The van der Waals surface area contributed by atoms with E-state index >= 15 is 0 Å². The Morgan fingerprint density at radius 3 is 2.14 bits per heavy atom. The Labute approximate surface area is 129 Å². The molecular formula is C17H18O5. The van der Waals surface area contributed by atoms with Crippen molar-refractivity contribution in [3.05, 3.63) is 54.1 Å². The van der Waals surface area contributed by atoms with Gasteiger partial charge >= 0.3 is 5.97 Å². The molecule has 0 spiro atoms. The first-order valence-corrected chi connectivity index (χ1v) is 6.81. The first-order valence-electron chi connectivity index (χ1n) is 6.81. The molecule has 5 nitrogen and oxygen atoms in total. The molecule has 0 heterocycles. The van der Waals surface area contributed by atoms with E-state index in [4.69, 9.17) is 14.2 Å². The quantitative estimate of drug-likeness (QED) is 0.581. The maximum absolute atomic E-state index is 11.3. The number of rotatable bonds is 7. The Bertz CT molecular complexity index is 607. The third kappa shape index (κ3) is 4.41. The van der Waals surface area contributed by atoms with Crippen molar-refractivity contribution >= 4 is 5.97 Å². The van der Waals surface area contributed by atoms with Gasteiger partial charge in [0.15, 0.2) is 0 Å². The van der Waals surface area contributed by atoms with E-state index in [1.54, 1.807) is 31.4 Å². The maximum atomic E-state index is 11.3. The minimum absolute atomic E-state index is 0.368. The molecule has 0 radical (unpaired) electrons. The summed E-state index contributed by atoms with van der Waals surface area (Å²) in [5.41, 5.74) is 0.488. The van der Waals surface area contributed by atoms with Crippen molar-refractivity contribution in [1.82, 2.24) is 0 Å². The van der Waals surface area contributed by atoms with Crippen molar-refractivity contribution in [3.8, 4) is 17.2 Å². The molecule has 0 atom stereocenters. The van der Waals surface area contributed by atoms with Gasteiger partial charge in [-0.15, -0.1) is 0 Å². The highest BCUT2D eigenvalue weighted by Gasteiger charge is 2.04. The first-order chi connectivity index (χ1) is 10.7. The van der Waals surface area contributed by atoms with E-state index in [1.807, 2.05) is 24.3 Å². The zero-order valence-corrected chi connectivity index (χ0v) is 12.6. The van der Waals surface area contributed by atoms with Gasteiger partial charge in [0.05, 0.1) is 19.8 Å². The number of hydrogen-bond donors (Lipinski definition) is 0. The molecular weight excluding hydrogens is 284 g/mol. The molecule has 0 aromatic heterocycles. The van der Waals surface area contributed by atoms with E-state index in [-0.39, 0.29) is 5.97 Å². The van der Waals surface area contributed by atoms with Gasteiger partial charge in [-0.2, -0.15) is 0 Å². The Balaban J connectivity index is 1.77. The Hall–Kier alpha value is -2.69. The van der Waals surface area contributed by atoms with Crippen LogP contribution in [0.3, 0.4) is 0 Å². The van der Waals surface area contributed by atoms with E-state index in [0.29, 0.717) is 24.5 Å². The van der Waals surface area contributed by atoms with Crippen LogP contribution in [-0.2, 0) is 4.74 Å². The first kappa shape index (κ1) is 15.7. The summed E-state index contributed by atoms with van der Waals surface area (Å²) in [6, 6.07) is 14.1. The Morgan fingerprint density at radius 1 is 0.864 bits per heavy atom.